The highest BCUT2D eigenvalue weighted by Gasteiger charge is 2.17. The first-order valence-corrected chi connectivity index (χ1v) is 8.43. The molecule has 0 fully saturated rings. The molecule has 1 aromatic heterocycles. The van der Waals surface area contributed by atoms with Crippen molar-refractivity contribution in [3.05, 3.63) is 49.6 Å². The molecule has 20 heavy (non-hydrogen) atoms. The number of benzene rings is 1. The first-order valence-electron chi connectivity index (χ1n) is 6.45. The van der Waals surface area contributed by atoms with Gasteiger partial charge >= 0.3 is 0 Å². The Morgan fingerprint density at radius 3 is 2.75 bits per heavy atom. The van der Waals surface area contributed by atoms with E-state index in [0.29, 0.717) is 5.02 Å². The van der Waals surface area contributed by atoms with Gasteiger partial charge in [-0.05, 0) is 46.7 Å². The predicted molar refractivity (Wildman–Crippen MR) is 90.1 cm³/mol. The van der Waals surface area contributed by atoms with Crippen LogP contribution in [0.4, 0.5) is 0 Å². The lowest BCUT2D eigenvalue weighted by Gasteiger charge is -2.20. The maximum absolute atomic E-state index is 6.04. The molecular formula is C15H17BrClNOS. The van der Waals surface area contributed by atoms with Crippen molar-refractivity contribution in [3.63, 3.8) is 0 Å². The summed E-state index contributed by atoms with van der Waals surface area (Å²) in [6, 6.07) is 10.3. The topological polar surface area (TPSA) is 21.3 Å². The first-order chi connectivity index (χ1) is 9.63. The molecule has 5 heteroatoms. The van der Waals surface area contributed by atoms with E-state index in [4.69, 9.17) is 16.3 Å². The lowest BCUT2D eigenvalue weighted by Crippen LogP contribution is -2.23. The summed E-state index contributed by atoms with van der Waals surface area (Å²) < 4.78 is 6.62. The number of halogens is 2. The van der Waals surface area contributed by atoms with Gasteiger partial charge in [0, 0.05) is 27.9 Å². The maximum Gasteiger partial charge on any atom is 0.125 e. The van der Waals surface area contributed by atoms with Gasteiger partial charge in [-0.25, -0.2) is 0 Å². The van der Waals surface area contributed by atoms with Crippen molar-refractivity contribution in [1.82, 2.24) is 5.32 Å². The van der Waals surface area contributed by atoms with E-state index in [0.717, 1.165) is 28.1 Å². The Kier molecular flexibility index (Phi) is 5.90. The van der Waals surface area contributed by atoms with Crippen LogP contribution < -0.4 is 10.1 Å². The Morgan fingerprint density at radius 2 is 2.15 bits per heavy atom. The van der Waals surface area contributed by atoms with Crippen LogP contribution in [0, 0.1) is 0 Å². The molecule has 1 heterocycles. The van der Waals surface area contributed by atoms with Crippen LogP contribution in [0.1, 0.15) is 23.4 Å². The molecule has 0 bridgehead atoms. The molecule has 0 radical (unpaired) electrons. The summed E-state index contributed by atoms with van der Waals surface area (Å²) in [7, 11) is 1.68. The summed E-state index contributed by atoms with van der Waals surface area (Å²) in [5, 5.41) is 4.21. The molecule has 0 saturated carbocycles. The van der Waals surface area contributed by atoms with Gasteiger partial charge < -0.3 is 10.1 Å². The SMILES string of the molecule is CCNC(Cc1ccc(Br)s1)c1ccc(Cl)cc1OC. The van der Waals surface area contributed by atoms with Crippen molar-refractivity contribution in [1.29, 1.82) is 0 Å². The minimum Gasteiger partial charge on any atom is -0.496 e. The highest BCUT2D eigenvalue weighted by molar-refractivity contribution is 9.11. The van der Waals surface area contributed by atoms with E-state index in [1.165, 1.54) is 4.88 Å². The third-order valence-corrected chi connectivity index (χ3v) is 4.94. The van der Waals surface area contributed by atoms with E-state index in [1.807, 2.05) is 18.2 Å². The van der Waals surface area contributed by atoms with Gasteiger partial charge in [-0.15, -0.1) is 11.3 Å². The maximum atomic E-state index is 6.04. The van der Waals surface area contributed by atoms with Crippen LogP contribution in [-0.2, 0) is 6.42 Å². The van der Waals surface area contributed by atoms with Crippen LogP contribution in [0.2, 0.25) is 5.02 Å². The van der Waals surface area contributed by atoms with Crippen molar-refractivity contribution >= 4 is 38.9 Å². The van der Waals surface area contributed by atoms with Crippen LogP contribution in [0.25, 0.3) is 0 Å². The molecule has 0 aliphatic heterocycles. The minimum atomic E-state index is 0.220. The molecule has 0 aliphatic carbocycles. The van der Waals surface area contributed by atoms with Gasteiger partial charge in [-0.1, -0.05) is 24.6 Å². The number of hydrogen-bond acceptors (Lipinski definition) is 3. The summed E-state index contributed by atoms with van der Waals surface area (Å²) in [6.07, 6.45) is 0.933. The molecule has 1 unspecified atom stereocenters. The zero-order valence-electron chi connectivity index (χ0n) is 11.5. The second-order valence-electron chi connectivity index (χ2n) is 4.41. The van der Waals surface area contributed by atoms with Gasteiger partial charge in [0.25, 0.3) is 0 Å². The zero-order chi connectivity index (χ0) is 14.5. The molecule has 0 amide bonds. The lowest BCUT2D eigenvalue weighted by molar-refractivity contribution is 0.399. The quantitative estimate of drug-likeness (QED) is 0.762. The van der Waals surface area contributed by atoms with Gasteiger partial charge in [0.05, 0.1) is 10.9 Å². The van der Waals surface area contributed by atoms with Crippen LogP contribution >= 0.6 is 38.9 Å². The minimum absolute atomic E-state index is 0.220. The predicted octanol–water partition coefficient (Wildman–Crippen LogP) is 5.07. The van der Waals surface area contributed by atoms with E-state index in [9.17, 15) is 0 Å². The number of thiophene rings is 1. The van der Waals surface area contributed by atoms with E-state index in [-0.39, 0.29) is 6.04 Å². The van der Waals surface area contributed by atoms with Crippen molar-refractivity contribution in [2.24, 2.45) is 0 Å². The largest absolute Gasteiger partial charge is 0.496 e. The van der Waals surface area contributed by atoms with Gasteiger partial charge in [0.15, 0.2) is 0 Å². The normalized spacial score (nSPS) is 12.4. The van der Waals surface area contributed by atoms with Crippen molar-refractivity contribution in [2.75, 3.05) is 13.7 Å². The van der Waals surface area contributed by atoms with Crippen LogP contribution in [-0.4, -0.2) is 13.7 Å². The molecule has 0 aliphatic rings. The molecule has 0 saturated heterocycles. The van der Waals surface area contributed by atoms with Gasteiger partial charge in [-0.3, -0.25) is 0 Å². The molecular weight excluding hydrogens is 358 g/mol. The summed E-state index contributed by atoms with van der Waals surface area (Å²) in [4.78, 5) is 1.33. The van der Waals surface area contributed by atoms with Gasteiger partial charge in [-0.2, -0.15) is 0 Å². The first kappa shape index (κ1) is 15.8. The highest BCUT2D eigenvalue weighted by atomic mass is 79.9. The number of nitrogens with one attached hydrogen (secondary N) is 1. The second-order valence-corrected chi connectivity index (χ2v) is 7.39. The molecule has 2 rings (SSSR count). The van der Waals surface area contributed by atoms with Gasteiger partial charge in [0.1, 0.15) is 5.75 Å². The number of methoxy groups -OCH3 is 1. The summed E-state index contributed by atoms with van der Waals surface area (Å²) in [5.41, 5.74) is 1.14. The molecule has 1 aromatic carbocycles. The Labute approximate surface area is 137 Å². The Bertz CT molecular complexity index is 573. The fourth-order valence-electron chi connectivity index (χ4n) is 2.17. The van der Waals surface area contributed by atoms with Crippen LogP contribution in [0.5, 0.6) is 5.75 Å². The van der Waals surface area contributed by atoms with Gasteiger partial charge in [0.2, 0.25) is 0 Å². The Hall–Kier alpha value is -0.550. The molecule has 108 valence electrons. The number of likely N-dealkylation sites (N-methyl/N-ethyl adjacent to an activating group) is 1. The zero-order valence-corrected chi connectivity index (χ0v) is 14.6. The fraction of sp³-hybridized carbons (Fsp3) is 0.333. The highest BCUT2D eigenvalue weighted by Crippen LogP contribution is 2.32. The van der Waals surface area contributed by atoms with Crippen molar-refractivity contribution in [2.45, 2.75) is 19.4 Å². The summed E-state index contributed by atoms with van der Waals surface area (Å²) in [5.74, 6) is 0.832. The average Bonchev–Trinajstić information content (AvgIpc) is 2.83. The van der Waals surface area contributed by atoms with Crippen LogP contribution in [0.3, 0.4) is 0 Å². The smallest absolute Gasteiger partial charge is 0.125 e. The molecule has 2 nitrogen and oxygen atoms in total. The lowest BCUT2D eigenvalue weighted by atomic mass is 10.0. The number of hydrogen-bond donors (Lipinski definition) is 1. The van der Waals surface area contributed by atoms with E-state index >= 15 is 0 Å². The molecule has 1 N–H and O–H groups in total. The molecule has 0 spiro atoms. The monoisotopic (exact) mass is 373 g/mol. The van der Waals surface area contributed by atoms with E-state index in [1.54, 1.807) is 18.4 Å². The van der Waals surface area contributed by atoms with Crippen LogP contribution in [0.15, 0.2) is 34.1 Å². The van der Waals surface area contributed by atoms with Crippen molar-refractivity contribution < 1.29 is 4.74 Å². The standard InChI is InChI=1S/C15H17BrClNOS/c1-3-18-13(9-11-5-7-15(16)20-11)12-6-4-10(17)8-14(12)19-2/h4-8,13,18H,3,9H2,1-2H3. The third-order valence-electron chi connectivity index (χ3n) is 3.06. The van der Waals surface area contributed by atoms with E-state index < -0.39 is 0 Å². The summed E-state index contributed by atoms with van der Waals surface area (Å²) >= 11 is 11.3. The number of ether oxygens (including phenoxy) is 1. The van der Waals surface area contributed by atoms with Crippen molar-refractivity contribution in [3.8, 4) is 5.75 Å². The Morgan fingerprint density at radius 1 is 1.35 bits per heavy atom. The fourth-order valence-corrected chi connectivity index (χ4v) is 3.86. The third kappa shape index (κ3) is 3.98. The molecule has 2 aromatic rings. The number of rotatable bonds is 6. The Balaban J connectivity index is 2.28. The molecule has 1 atom stereocenters. The second kappa shape index (κ2) is 7.46. The van der Waals surface area contributed by atoms with E-state index in [2.05, 4.69) is 40.3 Å². The summed E-state index contributed by atoms with van der Waals surface area (Å²) in [6.45, 7) is 3.02. The average molecular weight is 375 g/mol.